The predicted octanol–water partition coefficient (Wildman–Crippen LogP) is 4.44. The summed E-state index contributed by atoms with van der Waals surface area (Å²) in [5, 5.41) is 7.19. The fourth-order valence-electron chi connectivity index (χ4n) is 4.42. The average Bonchev–Trinajstić information content (AvgIpc) is 3.05. The SMILES string of the molecule is CCOC(=O)c1c(NC(=O)c2cc(=O)c3ccccc3o2)sc2c1CC(C)(C)NC2(C)C. The molecule has 4 rings (SSSR count). The molecule has 0 aliphatic carbocycles. The highest BCUT2D eigenvalue weighted by atomic mass is 32.1. The van der Waals surface area contributed by atoms with E-state index in [2.05, 4.69) is 24.5 Å². The van der Waals surface area contributed by atoms with Gasteiger partial charge in [0.25, 0.3) is 5.91 Å². The fourth-order valence-corrected chi connectivity index (χ4v) is 5.68. The second-order valence-electron chi connectivity index (χ2n) is 9.07. The van der Waals surface area contributed by atoms with Gasteiger partial charge in [-0.3, -0.25) is 9.59 Å². The molecule has 0 saturated heterocycles. The van der Waals surface area contributed by atoms with Gasteiger partial charge in [0.2, 0.25) is 0 Å². The van der Waals surface area contributed by atoms with Gasteiger partial charge >= 0.3 is 5.97 Å². The summed E-state index contributed by atoms with van der Waals surface area (Å²) in [6.07, 6.45) is 0.608. The molecule has 0 radical (unpaired) electrons. The molecule has 2 aromatic heterocycles. The Labute approximate surface area is 189 Å². The van der Waals surface area contributed by atoms with Gasteiger partial charge in [0.1, 0.15) is 10.6 Å². The van der Waals surface area contributed by atoms with Crippen molar-refractivity contribution in [1.82, 2.24) is 5.32 Å². The van der Waals surface area contributed by atoms with Gasteiger partial charge in [-0.05, 0) is 58.7 Å². The van der Waals surface area contributed by atoms with Crippen molar-refractivity contribution in [3.05, 3.63) is 62.3 Å². The van der Waals surface area contributed by atoms with E-state index < -0.39 is 17.4 Å². The van der Waals surface area contributed by atoms with Gasteiger partial charge in [-0.2, -0.15) is 0 Å². The standard InChI is InChI=1S/C24H26N2O5S/c1-6-30-22(29)18-14-12-23(2,3)26-24(4,5)19(14)32-21(18)25-20(28)17-11-15(27)13-9-7-8-10-16(13)31-17/h7-11,26H,6,12H2,1-5H3,(H,25,28). The molecule has 1 amide bonds. The first kappa shape index (κ1) is 22.2. The van der Waals surface area contributed by atoms with Gasteiger partial charge in [-0.15, -0.1) is 11.3 Å². The van der Waals surface area contributed by atoms with E-state index in [1.807, 2.05) is 13.8 Å². The van der Waals surface area contributed by atoms with Crippen LogP contribution in [-0.2, 0) is 16.7 Å². The average molecular weight is 455 g/mol. The molecule has 0 atom stereocenters. The third kappa shape index (κ3) is 3.96. The number of ether oxygens (including phenoxy) is 1. The van der Waals surface area contributed by atoms with Crippen LogP contribution in [0.5, 0.6) is 0 Å². The second-order valence-corrected chi connectivity index (χ2v) is 10.1. The van der Waals surface area contributed by atoms with Crippen LogP contribution < -0.4 is 16.1 Å². The maximum Gasteiger partial charge on any atom is 0.341 e. The van der Waals surface area contributed by atoms with Gasteiger partial charge < -0.3 is 19.8 Å². The summed E-state index contributed by atoms with van der Waals surface area (Å²) in [6, 6.07) is 7.92. The van der Waals surface area contributed by atoms with Crippen molar-refractivity contribution < 1.29 is 18.7 Å². The molecule has 0 saturated carbocycles. The van der Waals surface area contributed by atoms with E-state index in [0.29, 0.717) is 28.0 Å². The Morgan fingerprint density at radius 2 is 1.94 bits per heavy atom. The predicted molar refractivity (Wildman–Crippen MR) is 125 cm³/mol. The Balaban J connectivity index is 1.79. The number of nitrogens with one attached hydrogen (secondary N) is 2. The van der Waals surface area contributed by atoms with Crippen LogP contribution in [-0.4, -0.2) is 24.0 Å². The fraction of sp³-hybridized carbons (Fsp3) is 0.375. The van der Waals surface area contributed by atoms with E-state index in [0.717, 1.165) is 10.4 Å². The Bertz CT molecular complexity index is 1290. The summed E-state index contributed by atoms with van der Waals surface area (Å²) < 4.78 is 11.0. The lowest BCUT2D eigenvalue weighted by Gasteiger charge is -2.42. The Morgan fingerprint density at radius 3 is 2.66 bits per heavy atom. The summed E-state index contributed by atoms with van der Waals surface area (Å²) >= 11 is 1.34. The molecule has 2 N–H and O–H groups in total. The molecule has 0 fully saturated rings. The monoisotopic (exact) mass is 454 g/mol. The molecule has 0 bridgehead atoms. The van der Waals surface area contributed by atoms with Gasteiger partial charge in [0, 0.05) is 22.0 Å². The number of carbonyl (C=O) groups excluding carboxylic acids is 2. The summed E-state index contributed by atoms with van der Waals surface area (Å²) in [5.41, 5.74) is 0.615. The number of hydrogen-bond donors (Lipinski definition) is 2. The van der Waals surface area contributed by atoms with Crippen LogP contribution in [0.1, 0.15) is 66.0 Å². The van der Waals surface area contributed by atoms with Crippen molar-refractivity contribution in [3.63, 3.8) is 0 Å². The molecule has 0 unspecified atom stereocenters. The maximum atomic E-state index is 13.0. The van der Waals surface area contributed by atoms with Crippen molar-refractivity contribution in [2.45, 2.75) is 52.1 Å². The van der Waals surface area contributed by atoms with Gasteiger partial charge in [-0.1, -0.05) is 12.1 Å². The van der Waals surface area contributed by atoms with E-state index in [4.69, 9.17) is 9.15 Å². The Kier molecular flexibility index (Phi) is 5.46. The lowest BCUT2D eigenvalue weighted by molar-refractivity contribution is 0.0525. The number of amides is 1. The third-order valence-corrected chi connectivity index (χ3v) is 6.88. The van der Waals surface area contributed by atoms with Crippen LogP contribution >= 0.6 is 11.3 Å². The first-order valence-corrected chi connectivity index (χ1v) is 11.3. The molecule has 1 aromatic carbocycles. The number of hydrogen-bond acceptors (Lipinski definition) is 7. The van der Waals surface area contributed by atoms with Crippen molar-refractivity contribution in [2.75, 3.05) is 11.9 Å². The van der Waals surface area contributed by atoms with Crippen molar-refractivity contribution in [1.29, 1.82) is 0 Å². The highest BCUT2D eigenvalue weighted by Crippen LogP contribution is 2.45. The molecule has 3 aromatic rings. The van der Waals surface area contributed by atoms with E-state index in [1.54, 1.807) is 31.2 Å². The molecule has 8 heteroatoms. The number of thiophene rings is 1. The highest BCUT2D eigenvalue weighted by molar-refractivity contribution is 7.17. The highest BCUT2D eigenvalue weighted by Gasteiger charge is 2.42. The number of fused-ring (bicyclic) bond motifs is 2. The minimum absolute atomic E-state index is 0.118. The number of esters is 1. The number of rotatable bonds is 4. The number of carbonyl (C=O) groups is 2. The molecule has 0 spiro atoms. The van der Waals surface area contributed by atoms with Gasteiger partial charge in [0.05, 0.1) is 17.6 Å². The van der Waals surface area contributed by atoms with Crippen LogP contribution in [0.3, 0.4) is 0 Å². The van der Waals surface area contributed by atoms with Crippen molar-refractivity contribution in [2.24, 2.45) is 0 Å². The zero-order valence-electron chi connectivity index (χ0n) is 18.8. The van der Waals surface area contributed by atoms with E-state index in [-0.39, 0.29) is 23.3 Å². The first-order chi connectivity index (χ1) is 15.0. The lowest BCUT2D eigenvalue weighted by Crippen LogP contribution is -2.55. The normalized spacial score (nSPS) is 16.4. The largest absolute Gasteiger partial charge is 0.462 e. The number of benzene rings is 1. The molecular weight excluding hydrogens is 428 g/mol. The first-order valence-electron chi connectivity index (χ1n) is 10.5. The molecule has 1 aliphatic rings. The maximum absolute atomic E-state index is 13.0. The zero-order valence-corrected chi connectivity index (χ0v) is 19.6. The van der Waals surface area contributed by atoms with Gasteiger partial charge in [0.15, 0.2) is 11.2 Å². The minimum atomic E-state index is -0.595. The number of anilines is 1. The molecule has 168 valence electrons. The Hall–Kier alpha value is -2.97. The summed E-state index contributed by atoms with van der Waals surface area (Å²) in [5.74, 6) is -1.19. The van der Waals surface area contributed by atoms with Crippen LogP contribution in [0.2, 0.25) is 0 Å². The quantitative estimate of drug-likeness (QED) is 0.566. The van der Waals surface area contributed by atoms with Crippen molar-refractivity contribution >= 4 is 39.2 Å². The number of para-hydroxylation sites is 1. The molecule has 1 aliphatic heterocycles. The smallest absolute Gasteiger partial charge is 0.341 e. The minimum Gasteiger partial charge on any atom is -0.462 e. The summed E-state index contributed by atoms with van der Waals surface area (Å²) in [6.45, 7) is 10.2. The van der Waals surface area contributed by atoms with E-state index >= 15 is 0 Å². The van der Waals surface area contributed by atoms with Crippen LogP contribution in [0.15, 0.2) is 39.5 Å². The third-order valence-electron chi connectivity index (χ3n) is 5.41. The second kappa shape index (κ2) is 7.86. The van der Waals surface area contributed by atoms with E-state index in [9.17, 15) is 14.4 Å². The van der Waals surface area contributed by atoms with Crippen LogP contribution in [0.25, 0.3) is 11.0 Å². The Morgan fingerprint density at radius 1 is 1.22 bits per heavy atom. The molecule has 32 heavy (non-hydrogen) atoms. The van der Waals surface area contributed by atoms with Crippen molar-refractivity contribution in [3.8, 4) is 0 Å². The van der Waals surface area contributed by atoms with Gasteiger partial charge in [-0.25, -0.2) is 4.79 Å². The molecule has 7 nitrogen and oxygen atoms in total. The van der Waals surface area contributed by atoms with E-state index in [1.165, 1.54) is 17.4 Å². The van der Waals surface area contributed by atoms with Crippen LogP contribution in [0, 0.1) is 0 Å². The topological polar surface area (TPSA) is 97.6 Å². The van der Waals surface area contributed by atoms with Crippen LogP contribution in [0.4, 0.5) is 5.00 Å². The molecule has 3 heterocycles. The summed E-state index contributed by atoms with van der Waals surface area (Å²) in [4.78, 5) is 39.3. The zero-order chi connectivity index (χ0) is 23.3. The molecular formula is C24H26N2O5S. The lowest BCUT2D eigenvalue weighted by atomic mass is 9.81. The summed E-state index contributed by atoms with van der Waals surface area (Å²) in [7, 11) is 0.